The zero-order valence-electron chi connectivity index (χ0n) is 28.1. The van der Waals surface area contributed by atoms with Crippen LogP contribution >= 0.6 is 11.8 Å². The second-order valence-corrected chi connectivity index (χ2v) is 14.8. The molecule has 1 aliphatic heterocycles. The standard InChI is InChI=1S/C50H34S/c1-2-13-35(14-3-1)47-27-28-48(51-47)40-18-10-17-38(29-40)39-25-26-45-46(32-39)50(42-24-22-34-12-5-7-16-37(34)31-42)44-20-9-8-19-43(44)49(45)41-23-21-33-11-4-6-15-36(33)30-41/h1-26,28-32,47H,27H2. The van der Waals surface area contributed by atoms with Crippen molar-refractivity contribution in [1.82, 2.24) is 0 Å². The quantitative estimate of drug-likeness (QED) is 0.165. The van der Waals surface area contributed by atoms with Gasteiger partial charge in [0.15, 0.2) is 0 Å². The van der Waals surface area contributed by atoms with Crippen molar-refractivity contribution in [1.29, 1.82) is 0 Å². The van der Waals surface area contributed by atoms with E-state index in [1.165, 1.54) is 92.5 Å². The van der Waals surface area contributed by atoms with Crippen molar-refractivity contribution < 1.29 is 0 Å². The van der Waals surface area contributed by atoms with Gasteiger partial charge in [0, 0.05) is 10.2 Å². The van der Waals surface area contributed by atoms with Crippen molar-refractivity contribution in [2.24, 2.45) is 0 Å². The third kappa shape index (κ3) is 5.33. The van der Waals surface area contributed by atoms with Gasteiger partial charge in [-0.25, -0.2) is 0 Å². The van der Waals surface area contributed by atoms with Gasteiger partial charge in [-0.15, -0.1) is 11.8 Å². The second kappa shape index (κ2) is 12.5. The number of thioether (sulfide) groups is 1. The maximum Gasteiger partial charge on any atom is 0.0379 e. The first kappa shape index (κ1) is 30.0. The first-order chi connectivity index (χ1) is 25.3. The van der Waals surface area contributed by atoms with Crippen molar-refractivity contribution in [3.05, 3.63) is 199 Å². The van der Waals surface area contributed by atoms with E-state index in [4.69, 9.17) is 0 Å². The molecule has 1 aliphatic rings. The highest BCUT2D eigenvalue weighted by Gasteiger charge is 2.22. The van der Waals surface area contributed by atoms with Crippen LogP contribution in [0.15, 0.2) is 188 Å². The van der Waals surface area contributed by atoms with Gasteiger partial charge in [-0.2, -0.15) is 0 Å². The maximum atomic E-state index is 2.44. The van der Waals surface area contributed by atoms with E-state index >= 15 is 0 Å². The molecule has 0 saturated heterocycles. The van der Waals surface area contributed by atoms with Gasteiger partial charge in [-0.3, -0.25) is 0 Å². The molecule has 1 atom stereocenters. The zero-order chi connectivity index (χ0) is 33.7. The van der Waals surface area contributed by atoms with Gasteiger partial charge >= 0.3 is 0 Å². The fourth-order valence-electron chi connectivity index (χ4n) is 8.04. The Hall–Kier alpha value is -5.89. The minimum absolute atomic E-state index is 0.469. The molecule has 0 N–H and O–H groups in total. The molecule has 1 heteroatoms. The van der Waals surface area contributed by atoms with Crippen molar-refractivity contribution in [3.63, 3.8) is 0 Å². The van der Waals surface area contributed by atoms with Gasteiger partial charge in [0.25, 0.3) is 0 Å². The average Bonchev–Trinajstić information content (AvgIpc) is 3.71. The number of hydrogen-bond donors (Lipinski definition) is 0. The summed E-state index contributed by atoms with van der Waals surface area (Å²) in [4.78, 5) is 1.37. The van der Waals surface area contributed by atoms with Gasteiger partial charge in [0.1, 0.15) is 0 Å². The molecule has 0 aliphatic carbocycles. The molecule has 0 radical (unpaired) electrons. The Labute approximate surface area is 302 Å². The molecule has 1 heterocycles. The second-order valence-electron chi connectivity index (χ2n) is 13.6. The molecule has 0 amide bonds. The molecule has 51 heavy (non-hydrogen) atoms. The molecule has 9 aromatic rings. The molecule has 0 nitrogen and oxygen atoms in total. The summed E-state index contributed by atoms with van der Waals surface area (Å²) >= 11 is 1.99. The van der Waals surface area contributed by atoms with E-state index in [2.05, 4.69) is 188 Å². The highest BCUT2D eigenvalue weighted by atomic mass is 32.2. The van der Waals surface area contributed by atoms with Gasteiger partial charge in [0.2, 0.25) is 0 Å². The molecule has 10 rings (SSSR count). The van der Waals surface area contributed by atoms with Crippen LogP contribution < -0.4 is 0 Å². The molecule has 1 unspecified atom stereocenters. The Morgan fingerprint density at radius 3 is 1.57 bits per heavy atom. The van der Waals surface area contributed by atoms with Crippen LogP contribution in [-0.4, -0.2) is 0 Å². The molecule has 0 bridgehead atoms. The van der Waals surface area contributed by atoms with E-state index in [9.17, 15) is 0 Å². The maximum absolute atomic E-state index is 2.44. The Balaban J connectivity index is 1.18. The number of rotatable bonds is 5. The molecule has 0 saturated carbocycles. The van der Waals surface area contributed by atoms with Crippen LogP contribution in [0.25, 0.3) is 81.4 Å². The Morgan fingerprint density at radius 2 is 0.882 bits per heavy atom. The molecule has 9 aromatic carbocycles. The summed E-state index contributed by atoms with van der Waals surface area (Å²) in [6.07, 6.45) is 3.48. The van der Waals surface area contributed by atoms with E-state index in [0.717, 1.165) is 6.42 Å². The van der Waals surface area contributed by atoms with Crippen LogP contribution in [0.5, 0.6) is 0 Å². The van der Waals surface area contributed by atoms with E-state index < -0.39 is 0 Å². The number of fused-ring (bicyclic) bond motifs is 4. The molecule has 240 valence electrons. The van der Waals surface area contributed by atoms with Crippen LogP contribution in [0.4, 0.5) is 0 Å². The van der Waals surface area contributed by atoms with Crippen LogP contribution in [0.1, 0.15) is 22.8 Å². The van der Waals surface area contributed by atoms with Crippen LogP contribution in [0.3, 0.4) is 0 Å². The summed E-state index contributed by atoms with van der Waals surface area (Å²) in [6.45, 7) is 0. The van der Waals surface area contributed by atoms with E-state index in [-0.39, 0.29) is 0 Å². The fourth-order valence-corrected chi connectivity index (χ4v) is 9.29. The number of hydrogen-bond acceptors (Lipinski definition) is 1. The summed E-state index contributed by atoms with van der Waals surface area (Å²) in [5.41, 5.74) is 10.2. The lowest BCUT2D eigenvalue weighted by Gasteiger charge is -2.19. The highest BCUT2D eigenvalue weighted by Crippen LogP contribution is 2.49. The third-order valence-corrected chi connectivity index (χ3v) is 11.9. The Kier molecular flexibility index (Phi) is 7.32. The van der Waals surface area contributed by atoms with Gasteiger partial charge < -0.3 is 0 Å². The highest BCUT2D eigenvalue weighted by molar-refractivity contribution is 8.08. The smallest absolute Gasteiger partial charge is 0.0379 e. The lowest BCUT2D eigenvalue weighted by molar-refractivity contribution is 0.991. The topological polar surface area (TPSA) is 0 Å². The SMILES string of the molecule is C1=C(c2cccc(-c3ccc4c(-c5ccc6ccccc6c5)c5ccccc5c(-c5ccc6ccccc6c5)c4c3)c2)SC(c2ccccc2)C1. The minimum Gasteiger partial charge on any atom is -0.117 e. The third-order valence-electron chi connectivity index (χ3n) is 10.5. The van der Waals surface area contributed by atoms with Crippen molar-refractivity contribution in [2.45, 2.75) is 11.7 Å². The summed E-state index contributed by atoms with van der Waals surface area (Å²) in [7, 11) is 0. The predicted molar refractivity (Wildman–Crippen MR) is 222 cm³/mol. The van der Waals surface area contributed by atoms with E-state index in [0.29, 0.717) is 5.25 Å². The van der Waals surface area contributed by atoms with E-state index in [1.54, 1.807) is 0 Å². The molecule has 0 spiro atoms. The van der Waals surface area contributed by atoms with Crippen LogP contribution in [0.2, 0.25) is 0 Å². The first-order valence-corrected chi connectivity index (χ1v) is 18.6. The minimum atomic E-state index is 0.469. The average molecular weight is 667 g/mol. The largest absolute Gasteiger partial charge is 0.117 e. The van der Waals surface area contributed by atoms with Crippen molar-refractivity contribution >= 4 is 59.8 Å². The van der Waals surface area contributed by atoms with Gasteiger partial charge in [0.05, 0.1) is 0 Å². The normalized spacial score (nSPS) is 14.4. The summed E-state index contributed by atoms with van der Waals surface area (Å²) in [5, 5.41) is 10.6. The Morgan fingerprint density at radius 1 is 0.353 bits per heavy atom. The fraction of sp³-hybridized carbons (Fsp3) is 0.0400. The van der Waals surface area contributed by atoms with Crippen molar-refractivity contribution in [2.75, 3.05) is 0 Å². The molecular weight excluding hydrogens is 633 g/mol. The number of allylic oxidation sites excluding steroid dienone is 1. The lowest BCUT2D eigenvalue weighted by atomic mass is 9.84. The van der Waals surface area contributed by atoms with Crippen LogP contribution in [0, 0.1) is 0 Å². The zero-order valence-corrected chi connectivity index (χ0v) is 28.9. The van der Waals surface area contributed by atoms with Crippen LogP contribution in [-0.2, 0) is 0 Å². The Bertz CT molecular complexity index is 2810. The lowest BCUT2D eigenvalue weighted by Crippen LogP contribution is -1.92. The molecule has 0 aromatic heterocycles. The first-order valence-electron chi connectivity index (χ1n) is 17.8. The van der Waals surface area contributed by atoms with E-state index in [1.807, 2.05) is 11.8 Å². The predicted octanol–water partition coefficient (Wildman–Crippen LogP) is 14.5. The summed E-state index contributed by atoms with van der Waals surface area (Å²) in [6, 6.07) is 67.4. The summed E-state index contributed by atoms with van der Waals surface area (Å²) < 4.78 is 0. The monoisotopic (exact) mass is 666 g/mol. The molecule has 0 fully saturated rings. The number of benzene rings is 9. The van der Waals surface area contributed by atoms with Gasteiger partial charge in [-0.1, -0.05) is 164 Å². The summed E-state index contributed by atoms with van der Waals surface area (Å²) in [5.74, 6) is 0. The van der Waals surface area contributed by atoms with Crippen molar-refractivity contribution in [3.8, 4) is 33.4 Å². The van der Waals surface area contributed by atoms with Gasteiger partial charge in [-0.05, 0) is 118 Å². The molecular formula is C50H34S.